The average molecular weight is 475 g/mol. The molecule has 194 valence electrons. The molecule has 0 aromatic rings. The van der Waals surface area contributed by atoms with Crippen LogP contribution >= 0.6 is 0 Å². The van der Waals surface area contributed by atoms with Crippen molar-refractivity contribution in [3.63, 3.8) is 0 Å². The number of aliphatic hydroxyl groups is 3. The molecule has 0 amide bonds. The van der Waals surface area contributed by atoms with E-state index < -0.39 is 17.8 Å². The van der Waals surface area contributed by atoms with Crippen molar-refractivity contribution >= 4 is 0 Å². The Bertz CT molecular complexity index is 847. The van der Waals surface area contributed by atoms with E-state index in [4.69, 9.17) is 4.74 Å². The molecule has 1 aliphatic heterocycles. The van der Waals surface area contributed by atoms with Gasteiger partial charge in [0.05, 0.1) is 24.4 Å². The summed E-state index contributed by atoms with van der Waals surface area (Å²) in [5.41, 5.74) is 1.62. The number of hydrogen-bond acceptors (Lipinski definition) is 4. The maximum Gasteiger partial charge on any atom is 0.108 e. The first kappa shape index (κ1) is 25.2. The van der Waals surface area contributed by atoms with Crippen LogP contribution in [0.1, 0.15) is 99.8 Å². The number of ether oxygens (including phenoxy) is 1. The lowest BCUT2D eigenvalue weighted by Crippen LogP contribution is -2.58. The van der Waals surface area contributed by atoms with E-state index in [1.54, 1.807) is 5.57 Å². The van der Waals surface area contributed by atoms with Gasteiger partial charge in [-0.1, -0.05) is 46.3 Å². The van der Waals surface area contributed by atoms with Crippen molar-refractivity contribution < 1.29 is 20.1 Å². The maximum atomic E-state index is 10.8. The summed E-state index contributed by atoms with van der Waals surface area (Å²) in [5, 5.41) is 32.3. The molecule has 10 atom stereocenters. The van der Waals surface area contributed by atoms with Crippen LogP contribution in [0.2, 0.25) is 0 Å². The van der Waals surface area contributed by atoms with Gasteiger partial charge in [0.1, 0.15) is 6.10 Å². The lowest BCUT2D eigenvalue weighted by molar-refractivity contribution is -0.134. The van der Waals surface area contributed by atoms with Gasteiger partial charge in [0.2, 0.25) is 0 Å². The lowest BCUT2D eigenvalue weighted by Gasteiger charge is -2.64. The molecule has 0 aromatic heterocycles. The van der Waals surface area contributed by atoms with Crippen LogP contribution in [0.4, 0.5) is 0 Å². The fourth-order valence-electron chi connectivity index (χ4n) is 10.2. The SMILES string of the molecule is CC1(C)OC[C@H]([C@@H]2CC[C@]3(C)C4=CC[C@H]5C(C)(C)[C@H](O)CC[C@]5(C)[C@@H]4CC[C@@]23C)C[C@@H](O)[C@@H]1O. The lowest BCUT2D eigenvalue weighted by atomic mass is 9.41. The molecule has 1 heterocycles. The quantitative estimate of drug-likeness (QED) is 0.440. The summed E-state index contributed by atoms with van der Waals surface area (Å²) >= 11 is 0. The zero-order chi connectivity index (χ0) is 24.9. The molecule has 5 aliphatic rings. The van der Waals surface area contributed by atoms with Crippen LogP contribution in [0.3, 0.4) is 0 Å². The Labute approximate surface area is 207 Å². The van der Waals surface area contributed by atoms with Gasteiger partial charge in [-0.3, -0.25) is 0 Å². The zero-order valence-corrected chi connectivity index (χ0v) is 22.7. The van der Waals surface area contributed by atoms with E-state index in [1.165, 1.54) is 25.7 Å². The highest BCUT2D eigenvalue weighted by molar-refractivity contribution is 5.33. The minimum Gasteiger partial charge on any atom is -0.393 e. The highest BCUT2D eigenvalue weighted by atomic mass is 16.5. The predicted octanol–water partition coefficient (Wildman–Crippen LogP) is 5.49. The monoisotopic (exact) mass is 474 g/mol. The van der Waals surface area contributed by atoms with Crippen LogP contribution in [-0.2, 0) is 4.74 Å². The molecule has 4 fully saturated rings. The van der Waals surface area contributed by atoms with Crippen molar-refractivity contribution in [1.82, 2.24) is 0 Å². The van der Waals surface area contributed by atoms with Crippen LogP contribution in [-0.4, -0.2) is 45.8 Å². The van der Waals surface area contributed by atoms with Gasteiger partial charge in [0.25, 0.3) is 0 Å². The van der Waals surface area contributed by atoms with Gasteiger partial charge in [-0.2, -0.15) is 0 Å². The van der Waals surface area contributed by atoms with Gasteiger partial charge in [-0.05, 0) is 111 Å². The van der Waals surface area contributed by atoms with Crippen molar-refractivity contribution in [2.24, 2.45) is 45.3 Å². The highest BCUT2D eigenvalue weighted by Gasteiger charge is 2.65. The smallest absolute Gasteiger partial charge is 0.108 e. The summed E-state index contributed by atoms with van der Waals surface area (Å²) in [6.45, 7) is 16.7. The standard InChI is InChI=1S/C30H50O4/c1-26(2)23-9-8-21-20(28(23,5)13-12-24(26)32)11-15-29(6)19(10-14-30(21,29)7)18-16-22(31)25(33)27(3,4)34-17-18/h8,18-20,22-25,31-33H,9-17H2,1-7H3/t18-,19+,20-,22-,23+,24-,25+,28-,29+,30-/m1/s1. The molecule has 0 spiro atoms. The molecule has 4 heteroatoms. The Balaban J connectivity index is 1.46. The molecule has 0 unspecified atom stereocenters. The molecule has 0 bridgehead atoms. The van der Waals surface area contributed by atoms with Crippen molar-refractivity contribution in [1.29, 1.82) is 0 Å². The second-order valence-corrected chi connectivity index (χ2v) is 14.7. The molecule has 1 saturated heterocycles. The van der Waals surface area contributed by atoms with Crippen molar-refractivity contribution in [2.45, 2.75) is 124 Å². The minimum absolute atomic E-state index is 0.0314. The van der Waals surface area contributed by atoms with Crippen LogP contribution in [0, 0.1) is 45.3 Å². The fraction of sp³-hybridized carbons (Fsp3) is 0.933. The van der Waals surface area contributed by atoms with E-state index >= 15 is 0 Å². The third kappa shape index (κ3) is 3.23. The first-order valence-corrected chi connectivity index (χ1v) is 14.1. The van der Waals surface area contributed by atoms with Crippen LogP contribution in [0.25, 0.3) is 0 Å². The van der Waals surface area contributed by atoms with Gasteiger partial charge in [0.15, 0.2) is 0 Å². The third-order valence-corrected chi connectivity index (χ3v) is 12.7. The third-order valence-electron chi connectivity index (χ3n) is 12.7. The first-order valence-electron chi connectivity index (χ1n) is 14.1. The maximum absolute atomic E-state index is 10.8. The van der Waals surface area contributed by atoms with Crippen molar-refractivity contribution in [2.75, 3.05) is 6.61 Å². The van der Waals surface area contributed by atoms with Crippen LogP contribution in [0.15, 0.2) is 11.6 Å². The second kappa shape index (κ2) is 7.79. The summed E-state index contributed by atoms with van der Waals surface area (Å²) in [6.07, 6.45) is 9.49. The van der Waals surface area contributed by atoms with E-state index in [0.29, 0.717) is 30.8 Å². The Kier molecular flexibility index (Phi) is 5.78. The van der Waals surface area contributed by atoms with Crippen molar-refractivity contribution in [3.05, 3.63) is 11.6 Å². The number of hydrogen-bond donors (Lipinski definition) is 3. The summed E-state index contributed by atoms with van der Waals surface area (Å²) in [4.78, 5) is 0. The Hall–Kier alpha value is -0.420. The molecule has 3 saturated carbocycles. The van der Waals surface area contributed by atoms with Crippen molar-refractivity contribution in [3.8, 4) is 0 Å². The molecule has 3 N–H and O–H groups in total. The highest BCUT2D eigenvalue weighted by Crippen LogP contribution is 2.73. The Morgan fingerprint density at radius 2 is 1.59 bits per heavy atom. The van der Waals surface area contributed by atoms with E-state index in [0.717, 1.165) is 19.3 Å². The van der Waals surface area contributed by atoms with Gasteiger partial charge < -0.3 is 20.1 Å². The van der Waals surface area contributed by atoms with Gasteiger partial charge >= 0.3 is 0 Å². The Morgan fingerprint density at radius 1 is 0.882 bits per heavy atom. The zero-order valence-electron chi connectivity index (χ0n) is 22.7. The van der Waals surface area contributed by atoms with E-state index in [2.05, 4.69) is 40.7 Å². The molecule has 5 rings (SSSR count). The van der Waals surface area contributed by atoms with Gasteiger partial charge in [-0.15, -0.1) is 0 Å². The molecule has 4 nitrogen and oxygen atoms in total. The molecule has 4 aliphatic carbocycles. The molecule has 0 radical (unpaired) electrons. The average Bonchev–Trinajstić information content (AvgIpc) is 2.99. The van der Waals surface area contributed by atoms with Gasteiger partial charge in [-0.25, -0.2) is 0 Å². The predicted molar refractivity (Wildman–Crippen MR) is 135 cm³/mol. The van der Waals surface area contributed by atoms with Crippen LogP contribution < -0.4 is 0 Å². The fourth-order valence-corrected chi connectivity index (χ4v) is 10.2. The van der Waals surface area contributed by atoms with E-state index in [9.17, 15) is 15.3 Å². The first-order chi connectivity index (χ1) is 15.7. The minimum atomic E-state index is -0.836. The molecule has 34 heavy (non-hydrogen) atoms. The Morgan fingerprint density at radius 3 is 2.29 bits per heavy atom. The summed E-state index contributed by atoms with van der Waals surface area (Å²) in [7, 11) is 0. The van der Waals surface area contributed by atoms with E-state index in [-0.39, 0.29) is 33.7 Å². The number of fused-ring (bicyclic) bond motifs is 5. The molecular formula is C30H50O4. The molecule has 0 aromatic carbocycles. The van der Waals surface area contributed by atoms with Crippen LogP contribution in [0.5, 0.6) is 0 Å². The summed E-state index contributed by atoms with van der Waals surface area (Å²) in [6, 6.07) is 0. The van der Waals surface area contributed by atoms with Gasteiger partial charge in [0, 0.05) is 0 Å². The number of aliphatic hydroxyl groups excluding tert-OH is 3. The van der Waals surface area contributed by atoms with E-state index in [1.807, 2.05) is 13.8 Å². The second-order valence-electron chi connectivity index (χ2n) is 14.7. The topological polar surface area (TPSA) is 69.9 Å². The normalized spacial score (nSPS) is 54.3. The largest absolute Gasteiger partial charge is 0.393 e. The summed E-state index contributed by atoms with van der Waals surface area (Å²) < 4.78 is 6.23. The number of allylic oxidation sites excluding steroid dienone is 2. The molecular weight excluding hydrogens is 424 g/mol. The number of rotatable bonds is 1. The summed E-state index contributed by atoms with van der Waals surface area (Å²) in [5.74, 6) is 1.94.